The Balaban J connectivity index is 0.000000924. The van der Waals surface area contributed by atoms with Gasteiger partial charge in [-0.1, -0.05) is 13.8 Å². The van der Waals surface area contributed by atoms with Crippen molar-refractivity contribution in [2.45, 2.75) is 37.3 Å². The fourth-order valence-corrected chi connectivity index (χ4v) is 4.28. The van der Waals surface area contributed by atoms with Gasteiger partial charge in [-0.15, -0.1) is 0 Å². The lowest BCUT2D eigenvalue weighted by atomic mass is 10.0. The molecule has 1 aromatic carbocycles. The van der Waals surface area contributed by atoms with Gasteiger partial charge in [0.1, 0.15) is 5.72 Å². The Labute approximate surface area is 138 Å². The van der Waals surface area contributed by atoms with Crippen molar-refractivity contribution in [3.63, 3.8) is 0 Å². The van der Waals surface area contributed by atoms with E-state index >= 15 is 0 Å². The summed E-state index contributed by atoms with van der Waals surface area (Å²) in [6.07, 6.45) is 1.31. The van der Waals surface area contributed by atoms with Crippen LogP contribution in [0.15, 0.2) is 29.2 Å². The molecule has 2 aliphatic heterocycles. The number of benzene rings is 1. The van der Waals surface area contributed by atoms with E-state index in [2.05, 4.69) is 5.32 Å². The molecule has 2 heterocycles. The van der Waals surface area contributed by atoms with Crippen molar-refractivity contribution in [1.82, 2.24) is 9.62 Å². The van der Waals surface area contributed by atoms with Crippen LogP contribution in [0, 0.1) is 11.3 Å². The highest BCUT2D eigenvalue weighted by Gasteiger charge is 2.41. The molecule has 2 saturated heterocycles. The van der Waals surface area contributed by atoms with Gasteiger partial charge in [-0.05, 0) is 24.3 Å². The van der Waals surface area contributed by atoms with Gasteiger partial charge in [0.05, 0.1) is 23.1 Å². The molecule has 0 radical (unpaired) electrons. The van der Waals surface area contributed by atoms with E-state index in [0.717, 1.165) is 6.54 Å². The van der Waals surface area contributed by atoms with Gasteiger partial charge in [0.15, 0.2) is 0 Å². The Hall–Kier alpha value is -1.46. The van der Waals surface area contributed by atoms with Crippen molar-refractivity contribution < 1.29 is 13.2 Å². The number of piperidine rings is 1. The first-order valence-electron chi connectivity index (χ1n) is 7.95. The Bertz CT molecular complexity index is 649. The first-order chi connectivity index (χ1) is 11.1. The summed E-state index contributed by atoms with van der Waals surface area (Å²) in [5.74, 6) is 0. The quantitative estimate of drug-likeness (QED) is 0.888. The van der Waals surface area contributed by atoms with E-state index in [9.17, 15) is 8.42 Å². The zero-order valence-electron chi connectivity index (χ0n) is 13.6. The van der Waals surface area contributed by atoms with Crippen LogP contribution in [0.25, 0.3) is 0 Å². The lowest BCUT2D eigenvalue weighted by molar-refractivity contribution is -0.0445. The highest BCUT2D eigenvalue weighted by molar-refractivity contribution is 7.89. The summed E-state index contributed by atoms with van der Waals surface area (Å²) in [6, 6.07) is 8.02. The fraction of sp³-hybridized carbons (Fsp3) is 0.562. The summed E-state index contributed by atoms with van der Waals surface area (Å²) in [5.41, 5.74) is 0.117. The van der Waals surface area contributed by atoms with E-state index in [-0.39, 0.29) is 10.6 Å². The average molecular weight is 337 g/mol. The van der Waals surface area contributed by atoms with Crippen LogP contribution in [0.1, 0.15) is 32.3 Å². The zero-order chi connectivity index (χ0) is 16.9. The van der Waals surface area contributed by atoms with Crippen LogP contribution in [-0.4, -0.2) is 44.7 Å². The maximum atomic E-state index is 12.6. The molecular weight excluding hydrogens is 314 g/mol. The number of hydrogen-bond acceptors (Lipinski definition) is 5. The number of hydrogen-bond donors (Lipinski definition) is 1. The lowest BCUT2D eigenvalue weighted by Gasteiger charge is -2.37. The Kier molecular flexibility index (Phi) is 5.76. The molecule has 2 aliphatic rings. The van der Waals surface area contributed by atoms with Gasteiger partial charge in [-0.3, -0.25) is 5.32 Å². The van der Waals surface area contributed by atoms with Gasteiger partial charge in [-0.2, -0.15) is 9.57 Å². The third-order valence-electron chi connectivity index (χ3n) is 4.08. The molecule has 23 heavy (non-hydrogen) atoms. The van der Waals surface area contributed by atoms with Crippen molar-refractivity contribution in [3.8, 4) is 6.07 Å². The van der Waals surface area contributed by atoms with E-state index in [0.29, 0.717) is 38.1 Å². The topological polar surface area (TPSA) is 82.4 Å². The maximum absolute atomic E-state index is 12.6. The normalized spacial score (nSPS) is 20.6. The SMILES string of the molecule is CC.N#Cc1ccc(S(=O)(=O)N2CCC3(CC2)NCCO3)cc1. The van der Waals surface area contributed by atoms with Gasteiger partial charge < -0.3 is 4.74 Å². The second-order valence-electron chi connectivity index (χ2n) is 5.31. The summed E-state index contributed by atoms with van der Waals surface area (Å²) in [4.78, 5) is 0.234. The van der Waals surface area contributed by atoms with Crippen molar-refractivity contribution in [3.05, 3.63) is 29.8 Å². The predicted octanol–water partition coefficient (Wildman–Crippen LogP) is 1.69. The second kappa shape index (κ2) is 7.41. The maximum Gasteiger partial charge on any atom is 0.243 e. The number of nitrogens with one attached hydrogen (secondary N) is 1. The summed E-state index contributed by atoms with van der Waals surface area (Å²) in [7, 11) is -3.49. The third-order valence-corrected chi connectivity index (χ3v) is 5.99. The summed E-state index contributed by atoms with van der Waals surface area (Å²) in [6.45, 7) is 6.38. The van der Waals surface area contributed by atoms with Crippen molar-refractivity contribution in [2.75, 3.05) is 26.2 Å². The van der Waals surface area contributed by atoms with Crippen LogP contribution in [0.4, 0.5) is 0 Å². The molecule has 0 saturated carbocycles. The lowest BCUT2D eigenvalue weighted by Crippen LogP contribution is -2.52. The van der Waals surface area contributed by atoms with Crippen molar-refractivity contribution >= 4 is 10.0 Å². The molecule has 0 atom stereocenters. The van der Waals surface area contributed by atoms with Crippen LogP contribution in [0.3, 0.4) is 0 Å². The Morgan fingerprint density at radius 2 is 1.83 bits per heavy atom. The molecule has 2 fully saturated rings. The molecule has 3 rings (SSSR count). The Morgan fingerprint density at radius 3 is 2.30 bits per heavy atom. The minimum atomic E-state index is -3.49. The molecule has 0 bridgehead atoms. The van der Waals surface area contributed by atoms with Crippen LogP contribution < -0.4 is 5.32 Å². The predicted molar refractivity (Wildman–Crippen MR) is 87.2 cm³/mol. The number of ether oxygens (including phenoxy) is 1. The molecule has 0 amide bonds. The molecule has 7 heteroatoms. The van der Waals surface area contributed by atoms with E-state index in [4.69, 9.17) is 10.00 Å². The number of sulfonamides is 1. The molecular formula is C16H23N3O3S. The molecule has 0 unspecified atom stereocenters. The second-order valence-corrected chi connectivity index (χ2v) is 7.25. The van der Waals surface area contributed by atoms with Gasteiger partial charge in [0.25, 0.3) is 0 Å². The minimum Gasteiger partial charge on any atom is -0.359 e. The van der Waals surface area contributed by atoms with E-state index in [1.165, 1.54) is 28.6 Å². The molecule has 6 nitrogen and oxygen atoms in total. The number of nitrogens with zero attached hydrogens (tertiary/aromatic N) is 2. The fourth-order valence-electron chi connectivity index (χ4n) is 2.84. The van der Waals surface area contributed by atoms with Gasteiger partial charge in [0.2, 0.25) is 10.0 Å². The average Bonchev–Trinajstić information content (AvgIpc) is 3.05. The smallest absolute Gasteiger partial charge is 0.243 e. The molecule has 0 aliphatic carbocycles. The largest absolute Gasteiger partial charge is 0.359 e. The molecule has 1 spiro atoms. The van der Waals surface area contributed by atoms with E-state index in [1.54, 1.807) is 0 Å². The molecule has 126 valence electrons. The van der Waals surface area contributed by atoms with Crippen molar-refractivity contribution in [2.24, 2.45) is 0 Å². The Morgan fingerprint density at radius 1 is 1.22 bits per heavy atom. The molecule has 1 aromatic rings. The standard InChI is InChI=1S/C14H17N3O3S.C2H6/c15-11-12-1-3-13(4-2-12)21(18,19)17-8-5-14(6-9-17)16-7-10-20-14;1-2/h1-4,16H,5-10H2;1-2H3. The van der Waals surface area contributed by atoms with E-state index in [1.807, 2.05) is 19.9 Å². The third kappa shape index (κ3) is 3.72. The first-order valence-corrected chi connectivity index (χ1v) is 9.39. The van der Waals surface area contributed by atoms with Gasteiger partial charge in [-0.25, -0.2) is 8.42 Å². The van der Waals surface area contributed by atoms with E-state index < -0.39 is 10.0 Å². The number of rotatable bonds is 2. The number of nitriles is 1. The van der Waals surface area contributed by atoms with Crippen LogP contribution >= 0.6 is 0 Å². The zero-order valence-corrected chi connectivity index (χ0v) is 14.4. The highest BCUT2D eigenvalue weighted by atomic mass is 32.2. The minimum absolute atomic E-state index is 0.234. The molecule has 0 aromatic heterocycles. The van der Waals surface area contributed by atoms with Crippen LogP contribution in [-0.2, 0) is 14.8 Å². The van der Waals surface area contributed by atoms with Crippen LogP contribution in [0.2, 0.25) is 0 Å². The summed E-state index contributed by atoms with van der Waals surface area (Å²) < 4.78 is 32.3. The summed E-state index contributed by atoms with van der Waals surface area (Å²) in [5, 5.41) is 12.1. The van der Waals surface area contributed by atoms with Crippen molar-refractivity contribution in [1.29, 1.82) is 5.26 Å². The first kappa shape index (κ1) is 17.9. The van der Waals surface area contributed by atoms with Crippen LogP contribution in [0.5, 0.6) is 0 Å². The van der Waals surface area contributed by atoms with Gasteiger partial charge >= 0.3 is 0 Å². The van der Waals surface area contributed by atoms with Gasteiger partial charge in [0, 0.05) is 32.5 Å². The summed E-state index contributed by atoms with van der Waals surface area (Å²) >= 11 is 0. The highest BCUT2D eigenvalue weighted by Crippen LogP contribution is 2.29. The monoisotopic (exact) mass is 337 g/mol. The molecule has 1 N–H and O–H groups in total.